The lowest BCUT2D eigenvalue weighted by Crippen LogP contribution is -2.47. The maximum atomic E-state index is 3.54. The first-order valence-electron chi connectivity index (χ1n) is 6.18. The van der Waals surface area contributed by atoms with Gasteiger partial charge in [0.05, 0.1) is 0 Å². The minimum absolute atomic E-state index is 0.514. The highest BCUT2D eigenvalue weighted by Crippen LogP contribution is 2.29. The molecule has 2 saturated heterocycles. The molecule has 2 aliphatic heterocycles. The standard InChI is InChI=1S/C12H24N2S/c1-12(5-3-6-13-9-12)10-14(2)11-4-7-15-8-11/h11,13H,3-10H2,1-2H3. The first-order chi connectivity index (χ1) is 7.20. The molecule has 0 saturated carbocycles. The average molecular weight is 228 g/mol. The summed E-state index contributed by atoms with van der Waals surface area (Å²) in [6.07, 6.45) is 4.14. The van der Waals surface area contributed by atoms with Crippen molar-refractivity contribution in [3.8, 4) is 0 Å². The lowest BCUT2D eigenvalue weighted by atomic mass is 9.82. The van der Waals surface area contributed by atoms with E-state index < -0.39 is 0 Å². The summed E-state index contributed by atoms with van der Waals surface area (Å²) in [7, 11) is 2.32. The monoisotopic (exact) mass is 228 g/mol. The van der Waals surface area contributed by atoms with Gasteiger partial charge in [-0.15, -0.1) is 0 Å². The van der Waals surface area contributed by atoms with Crippen LogP contribution in [0.25, 0.3) is 0 Å². The lowest BCUT2D eigenvalue weighted by Gasteiger charge is -2.39. The molecule has 2 fully saturated rings. The van der Waals surface area contributed by atoms with E-state index in [1.165, 1.54) is 50.4 Å². The normalized spacial score (nSPS) is 37.4. The summed E-state index contributed by atoms with van der Waals surface area (Å²) in [4.78, 5) is 2.60. The molecule has 88 valence electrons. The van der Waals surface area contributed by atoms with Crippen LogP contribution in [-0.2, 0) is 0 Å². The van der Waals surface area contributed by atoms with E-state index in [1.807, 2.05) is 0 Å². The third-order valence-corrected chi connectivity index (χ3v) is 4.99. The zero-order valence-corrected chi connectivity index (χ0v) is 10.9. The van der Waals surface area contributed by atoms with E-state index in [9.17, 15) is 0 Å². The van der Waals surface area contributed by atoms with Crippen molar-refractivity contribution in [3.05, 3.63) is 0 Å². The fourth-order valence-electron chi connectivity index (χ4n) is 2.85. The summed E-state index contributed by atoms with van der Waals surface area (Å²) < 4.78 is 0. The van der Waals surface area contributed by atoms with Gasteiger partial charge in [-0.2, -0.15) is 11.8 Å². The van der Waals surface area contributed by atoms with E-state index in [0.29, 0.717) is 5.41 Å². The van der Waals surface area contributed by atoms with Crippen LogP contribution in [0.4, 0.5) is 0 Å². The first-order valence-corrected chi connectivity index (χ1v) is 7.34. The Balaban J connectivity index is 1.83. The van der Waals surface area contributed by atoms with Crippen molar-refractivity contribution in [2.24, 2.45) is 5.41 Å². The number of hydrogen-bond donors (Lipinski definition) is 1. The molecule has 2 heterocycles. The highest BCUT2D eigenvalue weighted by molar-refractivity contribution is 7.99. The Labute approximate surface area is 98.2 Å². The number of thioether (sulfide) groups is 1. The topological polar surface area (TPSA) is 15.3 Å². The second kappa shape index (κ2) is 5.07. The zero-order valence-electron chi connectivity index (χ0n) is 10.1. The quantitative estimate of drug-likeness (QED) is 0.793. The fourth-order valence-corrected chi connectivity index (χ4v) is 4.15. The molecule has 0 amide bonds. The Hall–Kier alpha value is 0.270. The van der Waals surface area contributed by atoms with Gasteiger partial charge in [-0.05, 0) is 44.0 Å². The molecular formula is C12H24N2S. The minimum Gasteiger partial charge on any atom is -0.316 e. The lowest BCUT2D eigenvalue weighted by molar-refractivity contribution is 0.128. The maximum Gasteiger partial charge on any atom is 0.0191 e. The van der Waals surface area contributed by atoms with Gasteiger partial charge >= 0.3 is 0 Å². The maximum absolute atomic E-state index is 3.54. The molecule has 2 nitrogen and oxygen atoms in total. The molecule has 0 aliphatic carbocycles. The van der Waals surface area contributed by atoms with Crippen molar-refractivity contribution < 1.29 is 0 Å². The predicted molar refractivity (Wildman–Crippen MR) is 68.6 cm³/mol. The van der Waals surface area contributed by atoms with Gasteiger partial charge in [-0.1, -0.05) is 6.92 Å². The van der Waals surface area contributed by atoms with Crippen LogP contribution in [0.15, 0.2) is 0 Å². The molecule has 3 heteroatoms. The van der Waals surface area contributed by atoms with E-state index in [1.54, 1.807) is 0 Å². The van der Waals surface area contributed by atoms with Gasteiger partial charge in [-0.3, -0.25) is 0 Å². The van der Waals surface area contributed by atoms with Gasteiger partial charge in [0.25, 0.3) is 0 Å². The van der Waals surface area contributed by atoms with E-state index in [-0.39, 0.29) is 0 Å². The molecule has 2 atom stereocenters. The summed E-state index contributed by atoms with van der Waals surface area (Å²) in [6.45, 7) is 6.14. The van der Waals surface area contributed by atoms with Crippen molar-refractivity contribution in [2.45, 2.75) is 32.2 Å². The smallest absolute Gasteiger partial charge is 0.0191 e. The van der Waals surface area contributed by atoms with E-state index in [4.69, 9.17) is 0 Å². The van der Waals surface area contributed by atoms with Crippen molar-refractivity contribution in [3.63, 3.8) is 0 Å². The molecule has 0 aromatic carbocycles. The Morgan fingerprint density at radius 1 is 1.53 bits per heavy atom. The van der Waals surface area contributed by atoms with Gasteiger partial charge in [0.15, 0.2) is 0 Å². The van der Waals surface area contributed by atoms with Gasteiger partial charge in [0.2, 0.25) is 0 Å². The Kier molecular flexibility index (Phi) is 3.97. The summed E-state index contributed by atoms with van der Waals surface area (Å²) in [5.41, 5.74) is 0.514. The van der Waals surface area contributed by atoms with Crippen LogP contribution in [0.2, 0.25) is 0 Å². The van der Waals surface area contributed by atoms with Crippen molar-refractivity contribution in [2.75, 3.05) is 38.2 Å². The number of piperidine rings is 1. The van der Waals surface area contributed by atoms with E-state index >= 15 is 0 Å². The third-order valence-electron chi connectivity index (χ3n) is 3.85. The first kappa shape index (κ1) is 11.7. The van der Waals surface area contributed by atoms with E-state index in [2.05, 4.69) is 35.9 Å². The molecule has 0 aromatic heterocycles. The number of nitrogens with zero attached hydrogens (tertiary/aromatic N) is 1. The molecule has 15 heavy (non-hydrogen) atoms. The summed E-state index contributed by atoms with van der Waals surface area (Å²) in [6, 6.07) is 0.841. The zero-order chi connectivity index (χ0) is 10.7. The van der Waals surface area contributed by atoms with Gasteiger partial charge in [0, 0.05) is 24.9 Å². The Morgan fingerprint density at radius 2 is 2.40 bits per heavy atom. The predicted octanol–water partition coefficient (Wildman–Crippen LogP) is 1.81. The molecular weight excluding hydrogens is 204 g/mol. The summed E-state index contributed by atoms with van der Waals surface area (Å²) in [5, 5.41) is 3.54. The highest BCUT2D eigenvalue weighted by atomic mass is 32.2. The van der Waals surface area contributed by atoms with Crippen LogP contribution < -0.4 is 5.32 Å². The second-order valence-corrected chi connectivity index (χ2v) is 6.67. The third kappa shape index (κ3) is 3.11. The Morgan fingerprint density at radius 3 is 3.00 bits per heavy atom. The molecule has 2 rings (SSSR count). The van der Waals surface area contributed by atoms with Gasteiger partial charge < -0.3 is 10.2 Å². The molecule has 1 N–H and O–H groups in total. The average Bonchev–Trinajstić information content (AvgIpc) is 2.70. The second-order valence-electron chi connectivity index (χ2n) is 5.52. The van der Waals surface area contributed by atoms with Crippen LogP contribution in [0.1, 0.15) is 26.2 Å². The van der Waals surface area contributed by atoms with Crippen molar-refractivity contribution in [1.82, 2.24) is 10.2 Å². The number of nitrogens with one attached hydrogen (secondary N) is 1. The van der Waals surface area contributed by atoms with Crippen LogP contribution in [0, 0.1) is 5.41 Å². The molecule has 2 unspecified atom stereocenters. The summed E-state index contributed by atoms with van der Waals surface area (Å²) >= 11 is 2.11. The highest BCUT2D eigenvalue weighted by Gasteiger charge is 2.31. The van der Waals surface area contributed by atoms with Gasteiger partial charge in [0.1, 0.15) is 0 Å². The van der Waals surface area contributed by atoms with Crippen LogP contribution in [0.3, 0.4) is 0 Å². The number of rotatable bonds is 3. The largest absolute Gasteiger partial charge is 0.316 e. The Bertz CT molecular complexity index is 196. The fraction of sp³-hybridized carbons (Fsp3) is 1.00. The molecule has 0 aromatic rings. The SMILES string of the molecule is CN(CC1(C)CCCNC1)C1CCSC1. The van der Waals surface area contributed by atoms with Gasteiger partial charge in [-0.25, -0.2) is 0 Å². The molecule has 2 aliphatic rings. The van der Waals surface area contributed by atoms with Crippen LogP contribution >= 0.6 is 11.8 Å². The van der Waals surface area contributed by atoms with Crippen molar-refractivity contribution >= 4 is 11.8 Å². The van der Waals surface area contributed by atoms with Crippen LogP contribution in [-0.4, -0.2) is 49.1 Å². The minimum atomic E-state index is 0.514. The number of hydrogen-bond acceptors (Lipinski definition) is 3. The molecule has 0 spiro atoms. The van der Waals surface area contributed by atoms with Crippen molar-refractivity contribution in [1.29, 1.82) is 0 Å². The van der Waals surface area contributed by atoms with Crippen LogP contribution in [0.5, 0.6) is 0 Å². The summed E-state index contributed by atoms with van der Waals surface area (Å²) in [5.74, 6) is 2.71. The molecule has 0 radical (unpaired) electrons. The van der Waals surface area contributed by atoms with E-state index in [0.717, 1.165) is 6.04 Å². The molecule has 0 bridgehead atoms.